The lowest BCUT2D eigenvalue weighted by molar-refractivity contribution is 0.460. The first-order valence-corrected chi connectivity index (χ1v) is 7.10. The summed E-state index contributed by atoms with van der Waals surface area (Å²) in [4.78, 5) is 8.79. The van der Waals surface area contributed by atoms with Crippen molar-refractivity contribution in [2.24, 2.45) is 0 Å². The standard InChI is InChI=1S/C18H18N2O/c1-11(2)18-17(21)8-15(10-20-18)13-4-5-16-14(7-13)6-12(3)9-19-16/h4-11,21H,1-3H3. The zero-order chi connectivity index (χ0) is 15.0. The molecule has 2 aromatic heterocycles. The van der Waals surface area contributed by atoms with Gasteiger partial charge in [0.1, 0.15) is 5.75 Å². The molecule has 0 radical (unpaired) electrons. The normalized spacial score (nSPS) is 11.2. The van der Waals surface area contributed by atoms with E-state index in [0.717, 1.165) is 33.3 Å². The van der Waals surface area contributed by atoms with Crippen LogP contribution in [0.3, 0.4) is 0 Å². The number of rotatable bonds is 2. The molecular formula is C18H18N2O. The van der Waals surface area contributed by atoms with Crippen LogP contribution in [-0.2, 0) is 0 Å². The molecule has 0 aliphatic rings. The zero-order valence-electron chi connectivity index (χ0n) is 12.5. The molecule has 0 saturated heterocycles. The van der Waals surface area contributed by atoms with E-state index in [-0.39, 0.29) is 11.7 Å². The second-order valence-electron chi connectivity index (χ2n) is 5.70. The van der Waals surface area contributed by atoms with Crippen molar-refractivity contribution in [3.63, 3.8) is 0 Å². The molecule has 0 aliphatic carbocycles. The minimum Gasteiger partial charge on any atom is -0.506 e. The van der Waals surface area contributed by atoms with Crippen LogP contribution in [-0.4, -0.2) is 15.1 Å². The number of aromatic hydroxyl groups is 1. The van der Waals surface area contributed by atoms with E-state index >= 15 is 0 Å². The molecule has 1 N–H and O–H groups in total. The first kappa shape index (κ1) is 13.6. The van der Waals surface area contributed by atoms with Crippen LogP contribution in [0.1, 0.15) is 31.0 Å². The second-order valence-corrected chi connectivity index (χ2v) is 5.70. The van der Waals surface area contributed by atoms with E-state index in [0.29, 0.717) is 0 Å². The topological polar surface area (TPSA) is 46.0 Å². The molecule has 0 fully saturated rings. The summed E-state index contributed by atoms with van der Waals surface area (Å²) >= 11 is 0. The third-order valence-electron chi connectivity index (χ3n) is 3.60. The largest absolute Gasteiger partial charge is 0.506 e. The van der Waals surface area contributed by atoms with Crippen molar-refractivity contribution in [1.82, 2.24) is 9.97 Å². The van der Waals surface area contributed by atoms with Crippen LogP contribution < -0.4 is 0 Å². The fourth-order valence-electron chi connectivity index (χ4n) is 2.49. The van der Waals surface area contributed by atoms with Crippen molar-refractivity contribution in [1.29, 1.82) is 0 Å². The summed E-state index contributed by atoms with van der Waals surface area (Å²) in [7, 11) is 0. The molecule has 0 amide bonds. The second kappa shape index (κ2) is 5.17. The van der Waals surface area contributed by atoms with Crippen LogP contribution in [0.2, 0.25) is 0 Å². The number of hydrogen-bond donors (Lipinski definition) is 1. The first-order valence-electron chi connectivity index (χ1n) is 7.10. The number of hydrogen-bond acceptors (Lipinski definition) is 3. The summed E-state index contributed by atoms with van der Waals surface area (Å²) in [6.07, 6.45) is 3.69. The Kier molecular flexibility index (Phi) is 3.34. The highest BCUT2D eigenvalue weighted by molar-refractivity contribution is 5.84. The molecule has 3 rings (SSSR count). The van der Waals surface area contributed by atoms with E-state index < -0.39 is 0 Å². The number of fused-ring (bicyclic) bond motifs is 1. The monoisotopic (exact) mass is 278 g/mol. The molecule has 3 aromatic rings. The van der Waals surface area contributed by atoms with E-state index in [1.54, 1.807) is 6.07 Å². The van der Waals surface area contributed by atoms with Gasteiger partial charge in [-0.3, -0.25) is 9.97 Å². The van der Waals surface area contributed by atoms with Crippen LogP contribution >= 0.6 is 0 Å². The summed E-state index contributed by atoms with van der Waals surface area (Å²) in [5.41, 5.74) is 4.79. The molecule has 0 saturated carbocycles. The minimum absolute atomic E-state index is 0.211. The Hall–Kier alpha value is -2.42. The third kappa shape index (κ3) is 2.59. The van der Waals surface area contributed by atoms with Gasteiger partial charge in [-0.25, -0.2) is 0 Å². The lowest BCUT2D eigenvalue weighted by atomic mass is 10.0. The molecule has 3 nitrogen and oxygen atoms in total. The average Bonchev–Trinajstić information content (AvgIpc) is 2.46. The van der Waals surface area contributed by atoms with Crippen LogP contribution in [0.5, 0.6) is 5.75 Å². The maximum atomic E-state index is 10.1. The van der Waals surface area contributed by atoms with Gasteiger partial charge >= 0.3 is 0 Å². The fraction of sp³-hybridized carbons (Fsp3) is 0.222. The molecule has 2 heterocycles. The fourth-order valence-corrected chi connectivity index (χ4v) is 2.49. The lowest BCUT2D eigenvalue weighted by Crippen LogP contribution is -1.93. The van der Waals surface area contributed by atoms with Crippen molar-refractivity contribution in [2.45, 2.75) is 26.7 Å². The maximum absolute atomic E-state index is 10.1. The van der Waals surface area contributed by atoms with Crippen molar-refractivity contribution in [2.75, 3.05) is 0 Å². The van der Waals surface area contributed by atoms with Crippen molar-refractivity contribution < 1.29 is 5.11 Å². The number of benzene rings is 1. The van der Waals surface area contributed by atoms with Gasteiger partial charge in [-0.05, 0) is 48.2 Å². The van der Waals surface area contributed by atoms with Crippen molar-refractivity contribution in [3.05, 3.63) is 54.0 Å². The Labute approximate surface area is 124 Å². The minimum atomic E-state index is 0.211. The number of aryl methyl sites for hydroxylation is 1. The van der Waals surface area contributed by atoms with Gasteiger partial charge in [0, 0.05) is 23.3 Å². The zero-order valence-corrected chi connectivity index (χ0v) is 12.5. The van der Waals surface area contributed by atoms with Crippen LogP contribution in [0.15, 0.2) is 42.7 Å². The van der Waals surface area contributed by atoms with E-state index in [1.165, 1.54) is 0 Å². The molecule has 0 atom stereocenters. The van der Waals surface area contributed by atoms with Gasteiger partial charge in [-0.1, -0.05) is 19.9 Å². The molecular weight excluding hydrogens is 260 g/mol. The Morgan fingerprint density at radius 1 is 0.952 bits per heavy atom. The van der Waals surface area contributed by atoms with E-state index in [2.05, 4.69) is 22.1 Å². The Balaban J connectivity index is 2.09. The van der Waals surface area contributed by atoms with Crippen LogP contribution in [0, 0.1) is 6.92 Å². The Morgan fingerprint density at radius 3 is 2.48 bits per heavy atom. The number of aromatic nitrogens is 2. The molecule has 1 aromatic carbocycles. The quantitative estimate of drug-likeness (QED) is 0.754. The molecule has 0 spiro atoms. The molecule has 0 unspecified atom stereocenters. The first-order chi connectivity index (χ1) is 10.0. The lowest BCUT2D eigenvalue weighted by Gasteiger charge is -2.09. The molecule has 106 valence electrons. The van der Waals surface area contributed by atoms with E-state index in [4.69, 9.17) is 0 Å². The molecule has 3 heteroatoms. The van der Waals surface area contributed by atoms with Crippen molar-refractivity contribution >= 4 is 10.9 Å². The van der Waals surface area contributed by atoms with E-state index in [1.807, 2.05) is 45.3 Å². The number of pyridine rings is 2. The SMILES string of the molecule is Cc1cnc2ccc(-c3cnc(C(C)C)c(O)c3)cc2c1. The summed E-state index contributed by atoms with van der Waals surface area (Å²) in [6.45, 7) is 6.07. The Bertz CT molecular complexity index is 809. The van der Waals surface area contributed by atoms with Gasteiger partial charge in [-0.15, -0.1) is 0 Å². The summed E-state index contributed by atoms with van der Waals surface area (Å²) in [5, 5.41) is 11.2. The highest BCUT2D eigenvalue weighted by atomic mass is 16.3. The van der Waals surface area contributed by atoms with Gasteiger partial charge < -0.3 is 5.11 Å². The predicted octanol–water partition coefficient (Wildman–Crippen LogP) is 4.43. The van der Waals surface area contributed by atoms with Gasteiger partial charge in [0.2, 0.25) is 0 Å². The summed E-state index contributed by atoms with van der Waals surface area (Å²) in [6, 6.07) is 9.99. The maximum Gasteiger partial charge on any atom is 0.137 e. The third-order valence-corrected chi connectivity index (χ3v) is 3.60. The van der Waals surface area contributed by atoms with Gasteiger partial charge in [-0.2, -0.15) is 0 Å². The predicted molar refractivity (Wildman–Crippen MR) is 85.5 cm³/mol. The van der Waals surface area contributed by atoms with Gasteiger partial charge in [0.25, 0.3) is 0 Å². The number of nitrogens with zero attached hydrogens (tertiary/aromatic N) is 2. The van der Waals surface area contributed by atoms with Gasteiger partial charge in [0.05, 0.1) is 11.2 Å². The molecule has 21 heavy (non-hydrogen) atoms. The van der Waals surface area contributed by atoms with E-state index in [9.17, 15) is 5.11 Å². The van der Waals surface area contributed by atoms with Crippen molar-refractivity contribution in [3.8, 4) is 16.9 Å². The molecule has 0 bridgehead atoms. The molecule has 0 aliphatic heterocycles. The van der Waals surface area contributed by atoms with Gasteiger partial charge in [0.15, 0.2) is 0 Å². The van der Waals surface area contributed by atoms with Crippen LogP contribution in [0.25, 0.3) is 22.0 Å². The highest BCUT2D eigenvalue weighted by Gasteiger charge is 2.09. The summed E-state index contributed by atoms with van der Waals surface area (Å²) in [5.74, 6) is 0.465. The summed E-state index contributed by atoms with van der Waals surface area (Å²) < 4.78 is 0. The van der Waals surface area contributed by atoms with Crippen LogP contribution in [0.4, 0.5) is 0 Å². The Morgan fingerprint density at radius 2 is 1.76 bits per heavy atom. The average molecular weight is 278 g/mol. The highest BCUT2D eigenvalue weighted by Crippen LogP contribution is 2.30. The smallest absolute Gasteiger partial charge is 0.137 e.